The number of aromatic nitrogens is 1. The number of nitrogens with zero attached hydrogens (tertiary/aromatic N) is 3. The van der Waals surface area contributed by atoms with Gasteiger partial charge in [-0.15, -0.1) is 0 Å². The Morgan fingerprint density at radius 2 is 1.74 bits per heavy atom. The topological polar surface area (TPSA) is 79.8 Å². The van der Waals surface area contributed by atoms with E-state index >= 15 is 0 Å². The zero-order valence-electron chi connectivity index (χ0n) is 17.4. The molecule has 2 amide bonds. The summed E-state index contributed by atoms with van der Waals surface area (Å²) in [5.41, 5.74) is 1.30. The Kier molecular flexibility index (Phi) is 5.66. The quantitative estimate of drug-likeness (QED) is 0.482. The predicted octanol–water partition coefficient (Wildman–Crippen LogP) is 2.80. The van der Waals surface area contributed by atoms with Gasteiger partial charge in [-0.25, -0.2) is 4.98 Å². The van der Waals surface area contributed by atoms with Crippen molar-refractivity contribution in [2.45, 2.75) is 13.0 Å². The van der Waals surface area contributed by atoms with E-state index in [1.165, 1.54) is 4.90 Å². The van der Waals surface area contributed by atoms with Crippen molar-refractivity contribution in [2.75, 3.05) is 26.7 Å². The molecule has 1 aliphatic heterocycles. The van der Waals surface area contributed by atoms with Crippen LogP contribution < -0.4 is 4.74 Å². The number of pyridine rings is 1. The van der Waals surface area contributed by atoms with Crippen LogP contribution in [0.4, 0.5) is 0 Å². The van der Waals surface area contributed by atoms with E-state index in [0.29, 0.717) is 36.5 Å². The average Bonchev–Trinajstić information content (AvgIpc) is 2.82. The van der Waals surface area contributed by atoms with Gasteiger partial charge in [-0.2, -0.15) is 0 Å². The number of hydrogen-bond donors (Lipinski definition) is 0. The van der Waals surface area contributed by atoms with Gasteiger partial charge in [0.1, 0.15) is 11.4 Å². The summed E-state index contributed by atoms with van der Waals surface area (Å²) >= 11 is 0. The number of Topliss-reactive ketones (excluding diaryl/α,β-unsaturated/α-hetero) is 1. The highest BCUT2D eigenvalue weighted by molar-refractivity contribution is 6.42. The summed E-state index contributed by atoms with van der Waals surface area (Å²) in [4.78, 5) is 46.1. The molecule has 0 radical (unpaired) electrons. The summed E-state index contributed by atoms with van der Waals surface area (Å²) in [6, 6.07) is 17.4. The molecule has 1 atom stereocenters. The second-order valence-corrected chi connectivity index (χ2v) is 7.52. The van der Waals surface area contributed by atoms with Gasteiger partial charge >= 0.3 is 0 Å². The number of fused-ring (bicyclic) bond motifs is 1. The summed E-state index contributed by atoms with van der Waals surface area (Å²) < 4.78 is 5.31. The fourth-order valence-corrected chi connectivity index (χ4v) is 3.88. The lowest BCUT2D eigenvalue weighted by molar-refractivity contribution is -0.130. The lowest BCUT2D eigenvalue weighted by Crippen LogP contribution is -2.56. The van der Waals surface area contributed by atoms with E-state index in [1.54, 1.807) is 48.4 Å². The molecule has 7 nitrogen and oxygen atoms in total. The Hall–Kier alpha value is -3.74. The third kappa shape index (κ3) is 3.99. The van der Waals surface area contributed by atoms with Crippen molar-refractivity contribution in [1.82, 2.24) is 14.8 Å². The van der Waals surface area contributed by atoms with Crippen LogP contribution in [0.3, 0.4) is 0 Å². The molecule has 0 N–H and O–H groups in total. The average molecular weight is 417 g/mol. The van der Waals surface area contributed by atoms with Crippen LogP contribution in [0, 0.1) is 0 Å². The Morgan fingerprint density at radius 1 is 0.968 bits per heavy atom. The normalized spacial score (nSPS) is 16.3. The second-order valence-electron chi connectivity index (χ2n) is 7.52. The first kappa shape index (κ1) is 20.5. The van der Waals surface area contributed by atoms with Gasteiger partial charge in [-0.1, -0.05) is 24.3 Å². The molecule has 0 aliphatic carbocycles. The van der Waals surface area contributed by atoms with Crippen LogP contribution in [0.25, 0.3) is 10.9 Å². The van der Waals surface area contributed by atoms with Gasteiger partial charge in [0, 0.05) is 36.6 Å². The van der Waals surface area contributed by atoms with Gasteiger partial charge in [-0.3, -0.25) is 14.4 Å². The number of hydrogen-bond acceptors (Lipinski definition) is 5. The number of benzene rings is 2. The lowest BCUT2D eigenvalue weighted by atomic mass is 10.1. The zero-order valence-corrected chi connectivity index (χ0v) is 17.4. The summed E-state index contributed by atoms with van der Waals surface area (Å²) in [5, 5.41) is 0.774. The van der Waals surface area contributed by atoms with E-state index in [2.05, 4.69) is 4.98 Å². The number of ether oxygens (including phenoxy) is 1. The first-order valence-electron chi connectivity index (χ1n) is 10.1. The van der Waals surface area contributed by atoms with Crippen molar-refractivity contribution in [3.8, 4) is 5.75 Å². The minimum Gasteiger partial charge on any atom is -0.496 e. The number of rotatable bonds is 4. The fraction of sp³-hybridized carbons (Fsp3) is 0.250. The van der Waals surface area contributed by atoms with Gasteiger partial charge in [-0.05, 0) is 43.3 Å². The lowest BCUT2D eigenvalue weighted by Gasteiger charge is -2.39. The number of ketones is 1. The predicted molar refractivity (Wildman–Crippen MR) is 116 cm³/mol. The molecule has 0 spiro atoms. The Balaban J connectivity index is 1.48. The second kappa shape index (κ2) is 8.55. The molecule has 31 heavy (non-hydrogen) atoms. The molecule has 1 saturated heterocycles. The maximum atomic E-state index is 12.9. The Labute approximate surface area is 180 Å². The number of amides is 2. The van der Waals surface area contributed by atoms with Crippen LogP contribution in [0.1, 0.15) is 27.8 Å². The standard InChI is InChI=1S/C24H23N3O4/c1-16-15-26(23(29)17-7-4-3-5-8-17)13-14-27(16)24(30)22(28)20-12-11-18-19(25-20)9-6-10-21(18)31-2/h3-12,16H,13-15H2,1-2H3. The third-order valence-electron chi connectivity index (χ3n) is 5.53. The first-order chi connectivity index (χ1) is 15.0. The van der Waals surface area contributed by atoms with Gasteiger partial charge in [0.25, 0.3) is 17.6 Å². The SMILES string of the molecule is COc1cccc2nc(C(=O)C(=O)N3CCN(C(=O)c4ccccc4)CC3C)ccc12. The molecule has 1 fully saturated rings. The van der Waals surface area contributed by atoms with Crippen LogP contribution >= 0.6 is 0 Å². The van der Waals surface area contributed by atoms with Crippen LogP contribution in [-0.4, -0.2) is 65.2 Å². The molecule has 3 aromatic rings. The fourth-order valence-electron chi connectivity index (χ4n) is 3.88. The molecule has 158 valence electrons. The molecule has 1 unspecified atom stereocenters. The minimum atomic E-state index is -0.653. The van der Waals surface area contributed by atoms with E-state index in [9.17, 15) is 14.4 Å². The zero-order chi connectivity index (χ0) is 22.0. The van der Waals surface area contributed by atoms with Gasteiger partial charge in [0.15, 0.2) is 0 Å². The Bertz CT molecular complexity index is 1150. The smallest absolute Gasteiger partial charge is 0.297 e. The highest BCUT2D eigenvalue weighted by atomic mass is 16.5. The summed E-state index contributed by atoms with van der Waals surface area (Å²) in [5.74, 6) is -0.673. The van der Waals surface area contributed by atoms with E-state index in [4.69, 9.17) is 4.74 Å². The van der Waals surface area contributed by atoms with Crippen LogP contribution in [0.15, 0.2) is 60.7 Å². The highest BCUT2D eigenvalue weighted by Gasteiger charge is 2.34. The number of carbonyl (C=O) groups is 3. The molecular formula is C24H23N3O4. The number of methoxy groups -OCH3 is 1. The van der Waals surface area contributed by atoms with Crippen molar-refractivity contribution in [3.63, 3.8) is 0 Å². The molecule has 4 rings (SSSR count). The third-order valence-corrected chi connectivity index (χ3v) is 5.53. The first-order valence-corrected chi connectivity index (χ1v) is 10.1. The molecule has 7 heteroatoms. The molecule has 2 heterocycles. The van der Waals surface area contributed by atoms with E-state index in [0.717, 1.165) is 5.39 Å². The van der Waals surface area contributed by atoms with Crippen molar-refractivity contribution in [2.24, 2.45) is 0 Å². The number of piperazine rings is 1. The van der Waals surface area contributed by atoms with Gasteiger partial charge < -0.3 is 14.5 Å². The molecule has 1 aromatic heterocycles. The summed E-state index contributed by atoms with van der Waals surface area (Å²) in [7, 11) is 1.57. The van der Waals surface area contributed by atoms with E-state index < -0.39 is 11.7 Å². The molecule has 1 aliphatic rings. The van der Waals surface area contributed by atoms with Crippen LogP contribution in [-0.2, 0) is 4.79 Å². The monoisotopic (exact) mass is 417 g/mol. The van der Waals surface area contributed by atoms with E-state index in [-0.39, 0.29) is 17.6 Å². The van der Waals surface area contributed by atoms with Crippen LogP contribution in [0.2, 0.25) is 0 Å². The molecule has 0 bridgehead atoms. The van der Waals surface area contributed by atoms with Crippen molar-refractivity contribution in [1.29, 1.82) is 0 Å². The van der Waals surface area contributed by atoms with Crippen molar-refractivity contribution >= 4 is 28.5 Å². The van der Waals surface area contributed by atoms with Crippen LogP contribution in [0.5, 0.6) is 5.75 Å². The summed E-state index contributed by atoms with van der Waals surface area (Å²) in [6.07, 6.45) is 0. The van der Waals surface area contributed by atoms with Crippen molar-refractivity contribution in [3.05, 3.63) is 71.9 Å². The van der Waals surface area contributed by atoms with Gasteiger partial charge in [0.05, 0.1) is 12.6 Å². The van der Waals surface area contributed by atoms with Gasteiger partial charge in [0.2, 0.25) is 0 Å². The summed E-state index contributed by atoms with van der Waals surface area (Å²) in [6.45, 7) is 2.88. The van der Waals surface area contributed by atoms with E-state index in [1.807, 2.05) is 31.2 Å². The van der Waals surface area contributed by atoms with Crippen molar-refractivity contribution < 1.29 is 19.1 Å². The minimum absolute atomic E-state index is 0.0731. The highest BCUT2D eigenvalue weighted by Crippen LogP contribution is 2.24. The molecule has 2 aromatic carbocycles. The maximum Gasteiger partial charge on any atom is 0.297 e. The molecule has 0 saturated carbocycles. The molecular weight excluding hydrogens is 394 g/mol. The Morgan fingerprint density at radius 3 is 2.45 bits per heavy atom. The maximum absolute atomic E-state index is 12.9. The number of carbonyl (C=O) groups excluding carboxylic acids is 3. The largest absolute Gasteiger partial charge is 0.496 e.